The molecule has 0 bridgehead atoms. The Labute approximate surface area is 192 Å². The monoisotopic (exact) mass is 458 g/mol. The van der Waals surface area contributed by atoms with Crippen LogP contribution in [0, 0.1) is 19.8 Å². The Balaban J connectivity index is 1.35. The van der Waals surface area contributed by atoms with Crippen molar-refractivity contribution in [2.75, 3.05) is 32.0 Å². The molecule has 1 saturated heterocycles. The Bertz CT molecular complexity index is 964. The van der Waals surface area contributed by atoms with Crippen LogP contribution in [0.15, 0.2) is 48.5 Å². The van der Waals surface area contributed by atoms with Crippen molar-refractivity contribution in [3.05, 3.63) is 65.2 Å². The Morgan fingerprint density at radius 3 is 2.38 bits per heavy atom. The van der Waals surface area contributed by atoms with Crippen LogP contribution in [0.4, 0.5) is 0 Å². The molecule has 0 unspecified atom stereocenters. The Hall–Kier alpha value is -2.38. The van der Waals surface area contributed by atoms with Gasteiger partial charge < -0.3 is 10.1 Å². The molecule has 174 valence electrons. The summed E-state index contributed by atoms with van der Waals surface area (Å²) in [6.45, 7) is 5.71. The number of hydrogen-bond acceptors (Lipinski definition) is 4. The number of carbonyl (C=O) groups is 1. The molecular formula is C25H34N2O4S. The average Bonchev–Trinajstić information content (AvgIpc) is 2.77. The maximum atomic E-state index is 12.7. The topological polar surface area (TPSA) is 75.7 Å². The maximum absolute atomic E-state index is 12.7. The van der Waals surface area contributed by atoms with Gasteiger partial charge >= 0.3 is 0 Å². The van der Waals surface area contributed by atoms with Crippen LogP contribution in [0.1, 0.15) is 36.0 Å². The van der Waals surface area contributed by atoms with Gasteiger partial charge in [0.1, 0.15) is 12.4 Å². The second-order valence-electron chi connectivity index (χ2n) is 8.54. The van der Waals surface area contributed by atoms with Gasteiger partial charge in [0, 0.05) is 19.0 Å². The van der Waals surface area contributed by atoms with Crippen LogP contribution >= 0.6 is 0 Å². The number of amides is 1. The molecule has 2 aromatic rings. The third kappa shape index (κ3) is 7.35. The molecule has 1 heterocycles. The minimum Gasteiger partial charge on any atom is -0.492 e. The van der Waals surface area contributed by atoms with Crippen LogP contribution in [-0.4, -0.2) is 50.6 Å². The molecule has 32 heavy (non-hydrogen) atoms. The van der Waals surface area contributed by atoms with Crippen molar-refractivity contribution in [2.45, 2.75) is 39.5 Å². The second-order valence-corrected chi connectivity index (χ2v) is 10.6. The number of hydrogen-bond donors (Lipinski definition) is 1. The molecule has 6 nitrogen and oxygen atoms in total. The fraction of sp³-hybridized carbons (Fsp3) is 0.480. The summed E-state index contributed by atoms with van der Waals surface area (Å²) < 4.78 is 32.6. The number of aryl methyl sites for hydroxylation is 3. The summed E-state index contributed by atoms with van der Waals surface area (Å²) in [6, 6.07) is 16.0. The largest absolute Gasteiger partial charge is 0.492 e. The van der Waals surface area contributed by atoms with E-state index in [2.05, 4.69) is 11.4 Å². The number of nitrogens with one attached hydrogen (secondary N) is 1. The maximum Gasteiger partial charge on any atom is 0.223 e. The number of benzene rings is 2. The standard InChI is InChI=1S/C25H34N2O4S/c1-20-17-21(2)19-24(18-20)31-15-12-26-25(28)23-10-13-27(14-11-23)32(29,30)16-6-9-22-7-4-3-5-8-22/h3-5,7-8,17-19,23H,6,9-16H2,1-2H3,(H,26,28). The lowest BCUT2D eigenvalue weighted by molar-refractivity contribution is -0.126. The third-order valence-electron chi connectivity index (χ3n) is 5.79. The van der Waals surface area contributed by atoms with Crippen molar-refractivity contribution in [1.29, 1.82) is 0 Å². The summed E-state index contributed by atoms with van der Waals surface area (Å²) in [4.78, 5) is 12.5. The highest BCUT2D eigenvalue weighted by molar-refractivity contribution is 7.89. The second kappa shape index (κ2) is 11.5. The molecule has 0 atom stereocenters. The first-order chi connectivity index (χ1) is 15.3. The minimum atomic E-state index is -3.28. The lowest BCUT2D eigenvalue weighted by atomic mass is 9.97. The van der Waals surface area contributed by atoms with Gasteiger partial charge in [-0.25, -0.2) is 12.7 Å². The van der Waals surface area contributed by atoms with E-state index < -0.39 is 10.0 Å². The number of ether oxygens (including phenoxy) is 1. The van der Waals surface area contributed by atoms with Gasteiger partial charge in [-0.15, -0.1) is 0 Å². The van der Waals surface area contributed by atoms with Crippen molar-refractivity contribution in [3.8, 4) is 5.75 Å². The van der Waals surface area contributed by atoms with Gasteiger partial charge in [-0.2, -0.15) is 0 Å². The highest BCUT2D eigenvalue weighted by Gasteiger charge is 2.30. The molecule has 3 rings (SSSR count). The summed E-state index contributed by atoms with van der Waals surface area (Å²) >= 11 is 0. The van der Waals surface area contributed by atoms with Crippen molar-refractivity contribution in [1.82, 2.24) is 9.62 Å². The normalized spacial score (nSPS) is 15.4. The zero-order valence-electron chi connectivity index (χ0n) is 19.0. The highest BCUT2D eigenvalue weighted by atomic mass is 32.2. The van der Waals surface area contributed by atoms with Crippen molar-refractivity contribution < 1.29 is 17.9 Å². The van der Waals surface area contributed by atoms with Gasteiger partial charge in [0.15, 0.2) is 0 Å². The van der Waals surface area contributed by atoms with Gasteiger partial charge in [0.05, 0.1) is 12.3 Å². The number of piperidine rings is 1. The van der Waals surface area contributed by atoms with Crippen LogP contribution in [0.5, 0.6) is 5.75 Å². The van der Waals surface area contributed by atoms with Gasteiger partial charge in [0.25, 0.3) is 0 Å². The van der Waals surface area contributed by atoms with E-state index >= 15 is 0 Å². The van der Waals surface area contributed by atoms with Crippen LogP contribution < -0.4 is 10.1 Å². The van der Waals surface area contributed by atoms with Gasteiger partial charge in [-0.3, -0.25) is 4.79 Å². The lowest BCUT2D eigenvalue weighted by Crippen LogP contribution is -2.44. The number of carbonyl (C=O) groups excluding carboxylic acids is 1. The smallest absolute Gasteiger partial charge is 0.223 e. The predicted molar refractivity (Wildman–Crippen MR) is 127 cm³/mol. The van der Waals surface area contributed by atoms with E-state index in [0.29, 0.717) is 45.5 Å². The first kappa shape index (κ1) is 24.3. The van der Waals surface area contributed by atoms with E-state index in [-0.39, 0.29) is 17.6 Å². The molecule has 0 aliphatic carbocycles. The molecule has 1 aliphatic heterocycles. The van der Waals surface area contributed by atoms with Crippen molar-refractivity contribution >= 4 is 15.9 Å². The molecule has 1 aliphatic rings. The van der Waals surface area contributed by atoms with E-state index in [1.54, 1.807) is 4.31 Å². The molecule has 0 saturated carbocycles. The summed E-state index contributed by atoms with van der Waals surface area (Å²) in [5.41, 5.74) is 3.44. The molecule has 0 aromatic heterocycles. The third-order valence-corrected chi connectivity index (χ3v) is 7.75. The molecular weight excluding hydrogens is 424 g/mol. The van der Waals surface area contributed by atoms with E-state index in [4.69, 9.17) is 4.74 Å². The summed E-state index contributed by atoms with van der Waals surface area (Å²) in [7, 11) is -3.28. The minimum absolute atomic E-state index is 0.0184. The molecule has 1 amide bonds. The van der Waals surface area contributed by atoms with Crippen LogP contribution in [0.2, 0.25) is 0 Å². The number of rotatable bonds is 10. The number of sulfonamides is 1. The predicted octanol–water partition coefficient (Wildman–Crippen LogP) is 3.47. The SMILES string of the molecule is Cc1cc(C)cc(OCCNC(=O)C2CCN(S(=O)(=O)CCCc3ccccc3)CC2)c1. The number of nitrogens with zero attached hydrogens (tertiary/aromatic N) is 1. The van der Waals surface area contributed by atoms with Gasteiger partial charge in [0.2, 0.25) is 15.9 Å². The van der Waals surface area contributed by atoms with Gasteiger partial charge in [-0.05, 0) is 68.4 Å². The highest BCUT2D eigenvalue weighted by Crippen LogP contribution is 2.21. The lowest BCUT2D eigenvalue weighted by Gasteiger charge is -2.30. The van der Waals surface area contributed by atoms with E-state index in [1.165, 1.54) is 0 Å². The molecule has 2 aromatic carbocycles. The Morgan fingerprint density at radius 1 is 1.06 bits per heavy atom. The Kier molecular flexibility index (Phi) is 8.70. The Morgan fingerprint density at radius 2 is 1.72 bits per heavy atom. The van der Waals surface area contributed by atoms with E-state index in [9.17, 15) is 13.2 Å². The molecule has 1 fully saturated rings. The van der Waals surface area contributed by atoms with Crippen LogP contribution in [-0.2, 0) is 21.2 Å². The molecule has 7 heteroatoms. The van der Waals surface area contributed by atoms with Gasteiger partial charge in [-0.1, -0.05) is 36.4 Å². The van der Waals surface area contributed by atoms with Crippen LogP contribution in [0.25, 0.3) is 0 Å². The molecule has 0 spiro atoms. The quantitative estimate of drug-likeness (QED) is 0.553. The van der Waals surface area contributed by atoms with E-state index in [1.807, 2.05) is 56.3 Å². The van der Waals surface area contributed by atoms with E-state index in [0.717, 1.165) is 28.9 Å². The van der Waals surface area contributed by atoms with Crippen molar-refractivity contribution in [2.24, 2.45) is 5.92 Å². The van der Waals surface area contributed by atoms with Crippen molar-refractivity contribution in [3.63, 3.8) is 0 Å². The average molecular weight is 459 g/mol. The first-order valence-electron chi connectivity index (χ1n) is 11.3. The molecule has 0 radical (unpaired) electrons. The van der Waals surface area contributed by atoms with Crippen LogP contribution in [0.3, 0.4) is 0 Å². The molecule has 1 N–H and O–H groups in total. The summed E-state index contributed by atoms with van der Waals surface area (Å²) in [5.74, 6) is 0.791. The fourth-order valence-electron chi connectivity index (χ4n) is 4.13. The summed E-state index contributed by atoms with van der Waals surface area (Å²) in [5, 5.41) is 2.93. The zero-order valence-corrected chi connectivity index (χ0v) is 19.9. The summed E-state index contributed by atoms with van der Waals surface area (Å²) in [6.07, 6.45) is 2.47. The fourth-order valence-corrected chi connectivity index (χ4v) is 5.67. The zero-order chi connectivity index (χ0) is 23.0. The first-order valence-corrected chi connectivity index (χ1v) is 12.9.